The van der Waals surface area contributed by atoms with Gasteiger partial charge in [-0.15, -0.1) is 13.2 Å². The molecule has 5 rings (SSSR count). The van der Waals surface area contributed by atoms with Crippen molar-refractivity contribution in [3.63, 3.8) is 0 Å². The van der Waals surface area contributed by atoms with Gasteiger partial charge in [0, 0.05) is 31.2 Å². The number of carbonyl (C=O) groups is 3. The quantitative estimate of drug-likeness (QED) is 0.402. The Morgan fingerprint density at radius 3 is 2.58 bits per heavy atom. The van der Waals surface area contributed by atoms with Crippen LogP contribution in [-0.4, -0.2) is 84.3 Å². The fraction of sp³-hybridized carbons (Fsp3) is 0.516. The smallest absolute Gasteiger partial charge is 0.493 e. The highest BCUT2D eigenvalue weighted by atomic mass is 19.4. The Balaban J connectivity index is 1.38. The molecule has 0 aromatic heterocycles. The van der Waals surface area contributed by atoms with E-state index in [1.807, 2.05) is 26.0 Å². The number of carbonyl (C=O) groups excluding carboxylic acids is 3. The van der Waals surface area contributed by atoms with E-state index in [-0.39, 0.29) is 43.8 Å². The topological polar surface area (TPSA) is 138 Å². The number of rotatable bonds is 3. The first-order valence-electron chi connectivity index (χ1n) is 15.0. The maximum atomic E-state index is 13.5. The fourth-order valence-electron chi connectivity index (χ4n) is 5.78. The van der Waals surface area contributed by atoms with Crippen molar-refractivity contribution in [3.8, 4) is 11.5 Å². The van der Waals surface area contributed by atoms with Crippen LogP contribution < -0.4 is 25.4 Å². The molecule has 3 heterocycles. The van der Waals surface area contributed by atoms with Gasteiger partial charge in [-0.2, -0.15) is 0 Å². The molecule has 45 heavy (non-hydrogen) atoms. The summed E-state index contributed by atoms with van der Waals surface area (Å²) >= 11 is 0. The van der Waals surface area contributed by atoms with Crippen molar-refractivity contribution < 1.29 is 46.9 Å². The summed E-state index contributed by atoms with van der Waals surface area (Å²) in [6.45, 7) is 4.35. The lowest BCUT2D eigenvalue weighted by Gasteiger charge is -2.34. The Labute approximate surface area is 258 Å². The van der Waals surface area contributed by atoms with Gasteiger partial charge in [-0.25, -0.2) is 4.79 Å². The van der Waals surface area contributed by atoms with Crippen LogP contribution in [0.3, 0.4) is 0 Å². The number of likely N-dealkylation sites (tertiary alicyclic amines) is 1. The molecule has 11 nitrogen and oxygen atoms in total. The van der Waals surface area contributed by atoms with Gasteiger partial charge < -0.3 is 40.2 Å². The molecule has 4 bridgehead atoms. The standard InChI is InChI=1S/C31H37F3N4O7/c1-17(2)18-3-9-23-26(13-18)43-12-11-21-8-10-25(39)27(44-21)15-35-29(41)24-14-20(36-28(23)40)16-38(24)30(42)37-19-4-6-22(7-5-19)45-31(32,33)34/h3-7,9,13,17,20-21,24-25,27,39H,8,10-12,14-16H2,1-2H3,(H,35,41)(H,36,40)(H,37,42)/t20-,21-,24-,25-,27+/m0/s1. The number of hydrogen-bond donors (Lipinski definition) is 4. The highest BCUT2D eigenvalue weighted by Gasteiger charge is 2.41. The van der Waals surface area contributed by atoms with Crippen molar-refractivity contribution in [2.45, 2.75) is 82.2 Å². The molecule has 14 heteroatoms. The number of anilines is 1. The van der Waals surface area contributed by atoms with Gasteiger partial charge in [0.05, 0.1) is 24.4 Å². The zero-order valence-electron chi connectivity index (χ0n) is 24.9. The first kappa shape index (κ1) is 32.4. The lowest BCUT2D eigenvalue weighted by molar-refractivity contribution is -0.274. The Hall–Kier alpha value is -4.04. The van der Waals surface area contributed by atoms with E-state index < -0.39 is 54.2 Å². The van der Waals surface area contributed by atoms with E-state index in [1.54, 1.807) is 6.07 Å². The van der Waals surface area contributed by atoms with Crippen LogP contribution in [-0.2, 0) is 9.53 Å². The summed E-state index contributed by atoms with van der Waals surface area (Å²) in [5.74, 6) is -0.758. The third-order valence-electron chi connectivity index (χ3n) is 8.21. The predicted molar refractivity (Wildman–Crippen MR) is 156 cm³/mol. The molecule has 4 N–H and O–H groups in total. The van der Waals surface area contributed by atoms with Crippen LogP contribution in [0.15, 0.2) is 42.5 Å². The van der Waals surface area contributed by atoms with Gasteiger partial charge in [-0.1, -0.05) is 19.9 Å². The molecule has 4 amide bonds. The second-order valence-corrected chi connectivity index (χ2v) is 11.8. The molecule has 0 saturated carbocycles. The van der Waals surface area contributed by atoms with Crippen LogP contribution in [0.5, 0.6) is 11.5 Å². The van der Waals surface area contributed by atoms with Crippen molar-refractivity contribution in [3.05, 3.63) is 53.6 Å². The first-order valence-corrected chi connectivity index (χ1v) is 15.0. The monoisotopic (exact) mass is 634 g/mol. The summed E-state index contributed by atoms with van der Waals surface area (Å²) in [5, 5.41) is 18.9. The SMILES string of the molecule is CC(C)c1ccc2c(c1)OCC[C@@H]1CC[C@H](O)[C@@H](CNC(=O)[C@@H]3C[C@@H](CN3C(=O)Nc3ccc(OC(F)(F)F)cc3)NC2=O)O1. The van der Waals surface area contributed by atoms with E-state index in [2.05, 4.69) is 20.7 Å². The van der Waals surface area contributed by atoms with Crippen LogP contribution >= 0.6 is 0 Å². The van der Waals surface area contributed by atoms with E-state index in [1.165, 1.54) is 17.0 Å². The summed E-state index contributed by atoms with van der Waals surface area (Å²) < 4.78 is 53.7. The Morgan fingerprint density at radius 1 is 1.11 bits per heavy atom. The summed E-state index contributed by atoms with van der Waals surface area (Å²) in [6.07, 6.45) is -4.81. The molecule has 2 aromatic rings. The van der Waals surface area contributed by atoms with E-state index >= 15 is 0 Å². The Bertz CT molecular complexity index is 1390. The molecule has 5 atom stereocenters. The predicted octanol–water partition coefficient (Wildman–Crippen LogP) is 3.92. The molecule has 0 spiro atoms. The number of urea groups is 1. The summed E-state index contributed by atoms with van der Waals surface area (Å²) in [7, 11) is 0. The zero-order chi connectivity index (χ0) is 32.3. The van der Waals surface area contributed by atoms with E-state index in [9.17, 15) is 32.7 Å². The number of nitrogens with zero attached hydrogens (tertiary/aromatic N) is 1. The average Bonchev–Trinajstić information content (AvgIpc) is 3.41. The van der Waals surface area contributed by atoms with Gasteiger partial charge >= 0.3 is 12.4 Å². The third kappa shape index (κ3) is 8.17. The summed E-state index contributed by atoms with van der Waals surface area (Å²) in [5.41, 5.74) is 1.48. The largest absolute Gasteiger partial charge is 0.573 e. The van der Waals surface area contributed by atoms with Crippen molar-refractivity contribution in [1.82, 2.24) is 15.5 Å². The number of aliphatic hydroxyl groups is 1. The number of amides is 4. The van der Waals surface area contributed by atoms with Gasteiger partial charge in [-0.3, -0.25) is 9.59 Å². The second-order valence-electron chi connectivity index (χ2n) is 11.8. The van der Waals surface area contributed by atoms with Gasteiger partial charge in [0.25, 0.3) is 5.91 Å². The number of halogens is 3. The van der Waals surface area contributed by atoms with E-state index in [4.69, 9.17) is 9.47 Å². The number of alkyl halides is 3. The van der Waals surface area contributed by atoms with Crippen molar-refractivity contribution in [2.75, 3.05) is 25.0 Å². The lowest BCUT2D eigenvalue weighted by Crippen LogP contribution is -2.51. The molecule has 2 saturated heterocycles. The third-order valence-corrected chi connectivity index (χ3v) is 8.21. The molecule has 244 valence electrons. The molecule has 3 aliphatic heterocycles. The first-order chi connectivity index (χ1) is 21.4. The number of ether oxygens (including phenoxy) is 3. The molecule has 0 radical (unpaired) electrons. The van der Waals surface area contributed by atoms with E-state index in [0.717, 1.165) is 17.7 Å². The number of aliphatic hydroxyl groups excluding tert-OH is 1. The van der Waals surface area contributed by atoms with Gasteiger partial charge in [-0.05, 0) is 67.1 Å². The summed E-state index contributed by atoms with van der Waals surface area (Å²) in [4.78, 5) is 41.6. The Kier molecular flexibility index (Phi) is 9.73. The van der Waals surface area contributed by atoms with E-state index in [0.29, 0.717) is 30.6 Å². The van der Waals surface area contributed by atoms with Crippen LogP contribution in [0.25, 0.3) is 0 Å². The zero-order valence-corrected chi connectivity index (χ0v) is 24.9. The van der Waals surface area contributed by atoms with Crippen molar-refractivity contribution >= 4 is 23.5 Å². The molecule has 0 aliphatic carbocycles. The number of fused-ring (bicyclic) bond motifs is 5. The molecular weight excluding hydrogens is 597 g/mol. The fourth-order valence-corrected chi connectivity index (χ4v) is 5.78. The van der Waals surface area contributed by atoms with Gasteiger partial charge in [0.15, 0.2) is 0 Å². The van der Waals surface area contributed by atoms with Crippen LogP contribution in [0.4, 0.5) is 23.7 Å². The van der Waals surface area contributed by atoms with Crippen molar-refractivity contribution in [1.29, 1.82) is 0 Å². The molecule has 0 unspecified atom stereocenters. The molecule has 2 aromatic carbocycles. The Morgan fingerprint density at radius 2 is 1.87 bits per heavy atom. The number of benzene rings is 2. The van der Waals surface area contributed by atoms with Gasteiger partial charge in [0.1, 0.15) is 23.6 Å². The highest BCUT2D eigenvalue weighted by molar-refractivity contribution is 5.98. The maximum Gasteiger partial charge on any atom is 0.573 e. The minimum absolute atomic E-state index is 0.0155. The molecular formula is C31H37F3N4O7. The molecule has 3 aliphatic rings. The second kappa shape index (κ2) is 13.5. The summed E-state index contributed by atoms with van der Waals surface area (Å²) in [6, 6.07) is 7.70. The maximum absolute atomic E-state index is 13.5. The minimum Gasteiger partial charge on any atom is -0.493 e. The van der Waals surface area contributed by atoms with Gasteiger partial charge in [0.2, 0.25) is 5.91 Å². The number of nitrogens with one attached hydrogen (secondary N) is 3. The van der Waals surface area contributed by atoms with Crippen LogP contribution in [0.1, 0.15) is 61.4 Å². The lowest BCUT2D eigenvalue weighted by atomic mass is 9.99. The highest BCUT2D eigenvalue weighted by Crippen LogP contribution is 2.29. The van der Waals surface area contributed by atoms with Crippen LogP contribution in [0.2, 0.25) is 0 Å². The minimum atomic E-state index is -4.86. The molecule has 2 fully saturated rings. The van der Waals surface area contributed by atoms with Crippen LogP contribution in [0, 0.1) is 0 Å². The number of hydrogen-bond acceptors (Lipinski definition) is 7. The normalized spacial score (nSPS) is 25.9. The van der Waals surface area contributed by atoms with Crippen molar-refractivity contribution in [2.24, 2.45) is 0 Å². The average molecular weight is 635 g/mol.